The molecule has 1 amide bonds. The fraction of sp³-hybridized carbons (Fsp3) is 0.318. The van der Waals surface area contributed by atoms with Gasteiger partial charge in [0.05, 0.1) is 17.9 Å². The second-order valence-corrected chi connectivity index (χ2v) is 8.32. The number of hydrogen-bond donors (Lipinski definition) is 3. The summed E-state index contributed by atoms with van der Waals surface area (Å²) in [7, 11) is 1.64. The van der Waals surface area contributed by atoms with Crippen LogP contribution in [0.1, 0.15) is 36.2 Å². The first-order valence-electron chi connectivity index (χ1n) is 10.8. The number of amides is 1. The molecule has 0 unspecified atom stereocenters. The van der Waals surface area contributed by atoms with Gasteiger partial charge < -0.3 is 15.6 Å². The molecule has 9 nitrogen and oxygen atoms in total. The van der Waals surface area contributed by atoms with Crippen LogP contribution in [0.4, 0.5) is 19.0 Å². The Kier molecular flexibility index (Phi) is 5.64. The third-order valence-corrected chi connectivity index (χ3v) is 5.99. The van der Waals surface area contributed by atoms with Gasteiger partial charge in [-0.05, 0) is 31.7 Å². The van der Waals surface area contributed by atoms with Gasteiger partial charge >= 0.3 is 0 Å². The molecule has 2 atom stereocenters. The summed E-state index contributed by atoms with van der Waals surface area (Å²) in [6, 6.07) is 1.71. The number of carbonyl (C=O) groups is 1. The normalized spacial score (nSPS) is 18.2. The fourth-order valence-corrected chi connectivity index (χ4v) is 4.34. The van der Waals surface area contributed by atoms with E-state index in [1.54, 1.807) is 7.05 Å². The lowest BCUT2D eigenvalue weighted by atomic mass is 9.91. The molecule has 12 heteroatoms. The van der Waals surface area contributed by atoms with Gasteiger partial charge in [0.25, 0.3) is 5.91 Å². The molecule has 1 aromatic carbocycles. The predicted octanol–water partition coefficient (Wildman–Crippen LogP) is 3.32. The lowest BCUT2D eigenvalue weighted by Gasteiger charge is -2.30. The largest absolute Gasteiger partial charge is 0.365 e. The van der Waals surface area contributed by atoms with Crippen LogP contribution in [0.25, 0.3) is 22.3 Å². The highest BCUT2D eigenvalue weighted by molar-refractivity contribution is 5.94. The van der Waals surface area contributed by atoms with Gasteiger partial charge in [0.15, 0.2) is 17.5 Å². The summed E-state index contributed by atoms with van der Waals surface area (Å²) in [6.07, 6.45) is 6.83. The standard InChI is InChI=1S/C22H21F3N8O/c1-33-18(10-28-32-33)22(34)30-13-4-2-3-12(7-13)29-21-17(25)9-27-20(31-21)15-8-26-19-14(15)5-11(23)6-16(19)24/h5-6,8-10,12-13,26H,2-4,7H2,1H3,(H,30,34)(H,27,29,31)/t12-,13+/m0/s1. The summed E-state index contributed by atoms with van der Waals surface area (Å²) in [5.41, 5.74) is 0.830. The fourth-order valence-electron chi connectivity index (χ4n) is 4.34. The minimum Gasteiger partial charge on any atom is -0.365 e. The molecule has 3 aromatic heterocycles. The third-order valence-electron chi connectivity index (χ3n) is 5.99. The monoisotopic (exact) mass is 470 g/mol. The van der Waals surface area contributed by atoms with Crippen LogP contribution in [0.5, 0.6) is 0 Å². The lowest BCUT2D eigenvalue weighted by Crippen LogP contribution is -2.42. The van der Waals surface area contributed by atoms with Crippen LogP contribution in [0.15, 0.2) is 30.7 Å². The first kappa shape index (κ1) is 21.9. The van der Waals surface area contributed by atoms with Gasteiger partial charge in [-0.15, -0.1) is 5.10 Å². The molecule has 4 aromatic rings. The van der Waals surface area contributed by atoms with E-state index in [2.05, 4.69) is 35.9 Å². The summed E-state index contributed by atoms with van der Waals surface area (Å²) < 4.78 is 43.7. The van der Waals surface area contributed by atoms with E-state index in [4.69, 9.17) is 0 Å². The Morgan fingerprint density at radius 2 is 1.97 bits per heavy atom. The van der Waals surface area contributed by atoms with Crippen LogP contribution in [0.3, 0.4) is 0 Å². The molecule has 1 aliphatic rings. The van der Waals surface area contributed by atoms with Crippen LogP contribution in [-0.4, -0.2) is 47.9 Å². The molecule has 1 aliphatic carbocycles. The number of aromatic amines is 1. The summed E-state index contributed by atoms with van der Waals surface area (Å²) in [5.74, 6) is -2.27. The first-order valence-corrected chi connectivity index (χ1v) is 10.8. The van der Waals surface area contributed by atoms with Crippen LogP contribution < -0.4 is 10.6 Å². The minimum atomic E-state index is -0.737. The lowest BCUT2D eigenvalue weighted by molar-refractivity contribution is 0.0917. The quantitative estimate of drug-likeness (QED) is 0.412. The molecular weight excluding hydrogens is 449 g/mol. The number of aryl methyl sites for hydroxylation is 1. The van der Waals surface area contributed by atoms with Crippen LogP contribution in [0, 0.1) is 17.5 Å². The average molecular weight is 470 g/mol. The molecule has 34 heavy (non-hydrogen) atoms. The molecule has 1 saturated carbocycles. The van der Waals surface area contributed by atoms with Crippen molar-refractivity contribution in [2.24, 2.45) is 7.05 Å². The number of halogens is 3. The molecule has 0 aliphatic heterocycles. The predicted molar refractivity (Wildman–Crippen MR) is 117 cm³/mol. The van der Waals surface area contributed by atoms with Crippen molar-refractivity contribution in [3.63, 3.8) is 0 Å². The van der Waals surface area contributed by atoms with E-state index in [-0.39, 0.29) is 40.5 Å². The molecule has 0 spiro atoms. The number of anilines is 1. The van der Waals surface area contributed by atoms with Crippen molar-refractivity contribution in [3.05, 3.63) is 53.9 Å². The van der Waals surface area contributed by atoms with Gasteiger partial charge in [-0.25, -0.2) is 27.8 Å². The van der Waals surface area contributed by atoms with Crippen molar-refractivity contribution in [2.75, 3.05) is 5.32 Å². The number of nitrogens with one attached hydrogen (secondary N) is 3. The van der Waals surface area contributed by atoms with Gasteiger partial charge in [-0.2, -0.15) is 0 Å². The van der Waals surface area contributed by atoms with Crippen molar-refractivity contribution in [1.82, 2.24) is 35.3 Å². The summed E-state index contributed by atoms with van der Waals surface area (Å²) >= 11 is 0. The molecule has 1 fully saturated rings. The van der Waals surface area contributed by atoms with E-state index in [9.17, 15) is 18.0 Å². The highest BCUT2D eigenvalue weighted by Gasteiger charge is 2.26. The molecule has 5 rings (SSSR count). The minimum absolute atomic E-state index is 0.0102. The van der Waals surface area contributed by atoms with Crippen LogP contribution >= 0.6 is 0 Å². The van der Waals surface area contributed by atoms with Crippen molar-refractivity contribution < 1.29 is 18.0 Å². The maximum absolute atomic E-state index is 14.5. The van der Waals surface area contributed by atoms with Gasteiger partial charge in [0.2, 0.25) is 0 Å². The molecular formula is C22H21F3N8O. The zero-order chi connectivity index (χ0) is 23.8. The van der Waals surface area contributed by atoms with E-state index in [0.717, 1.165) is 31.5 Å². The van der Waals surface area contributed by atoms with Crippen molar-refractivity contribution in [2.45, 2.75) is 37.8 Å². The number of H-pyrrole nitrogens is 1. The van der Waals surface area contributed by atoms with E-state index in [0.29, 0.717) is 17.7 Å². The zero-order valence-electron chi connectivity index (χ0n) is 18.1. The van der Waals surface area contributed by atoms with Gasteiger partial charge in [0, 0.05) is 42.3 Å². The second-order valence-electron chi connectivity index (χ2n) is 8.32. The van der Waals surface area contributed by atoms with Crippen molar-refractivity contribution in [3.8, 4) is 11.4 Å². The summed E-state index contributed by atoms with van der Waals surface area (Å²) in [6.45, 7) is 0. The van der Waals surface area contributed by atoms with Crippen molar-refractivity contribution >= 4 is 22.6 Å². The van der Waals surface area contributed by atoms with E-state index >= 15 is 0 Å². The summed E-state index contributed by atoms with van der Waals surface area (Å²) in [5, 5.41) is 13.8. The number of benzene rings is 1. The first-order chi connectivity index (χ1) is 16.4. The smallest absolute Gasteiger partial charge is 0.271 e. The Balaban J connectivity index is 1.33. The summed E-state index contributed by atoms with van der Waals surface area (Å²) in [4.78, 5) is 23.5. The Morgan fingerprint density at radius 1 is 1.15 bits per heavy atom. The molecule has 3 N–H and O–H groups in total. The SMILES string of the molecule is Cn1nncc1C(=O)N[C@@H]1CCC[C@H](Nc2nc(-c3c[nH]c4c(F)cc(F)cc34)ncc2F)C1. The highest BCUT2D eigenvalue weighted by Crippen LogP contribution is 2.30. The average Bonchev–Trinajstić information content (AvgIpc) is 3.42. The Morgan fingerprint density at radius 3 is 2.76 bits per heavy atom. The van der Waals surface area contributed by atoms with Gasteiger partial charge in [-0.3, -0.25) is 4.79 Å². The number of rotatable bonds is 5. The number of nitrogens with zero attached hydrogens (tertiary/aromatic N) is 5. The molecule has 0 saturated heterocycles. The second kappa shape index (κ2) is 8.76. The van der Waals surface area contributed by atoms with E-state index in [1.165, 1.54) is 23.1 Å². The van der Waals surface area contributed by atoms with Crippen LogP contribution in [-0.2, 0) is 7.05 Å². The highest BCUT2D eigenvalue weighted by atomic mass is 19.1. The number of hydrogen-bond acceptors (Lipinski definition) is 6. The molecule has 0 bridgehead atoms. The molecule has 0 radical (unpaired) electrons. The third kappa shape index (κ3) is 4.18. The van der Waals surface area contributed by atoms with Gasteiger partial charge in [-0.1, -0.05) is 5.21 Å². The van der Waals surface area contributed by atoms with Gasteiger partial charge in [0.1, 0.15) is 17.3 Å². The maximum Gasteiger partial charge on any atom is 0.271 e. The Labute approximate surface area is 191 Å². The topological polar surface area (TPSA) is 113 Å². The van der Waals surface area contributed by atoms with E-state index < -0.39 is 17.5 Å². The molecule has 3 heterocycles. The molecule has 176 valence electrons. The van der Waals surface area contributed by atoms with E-state index in [1.807, 2.05) is 0 Å². The number of carbonyl (C=O) groups excluding carboxylic acids is 1. The van der Waals surface area contributed by atoms with Crippen LogP contribution in [0.2, 0.25) is 0 Å². The Hall–Kier alpha value is -3.96. The number of fused-ring (bicyclic) bond motifs is 1. The van der Waals surface area contributed by atoms with Crippen molar-refractivity contribution in [1.29, 1.82) is 0 Å². The maximum atomic E-state index is 14.5. The Bertz CT molecular complexity index is 1370. The zero-order valence-corrected chi connectivity index (χ0v) is 18.1. The number of aromatic nitrogens is 6.